The topological polar surface area (TPSA) is 102 Å². The van der Waals surface area contributed by atoms with Gasteiger partial charge >= 0.3 is 11.9 Å². The number of likely N-dealkylation sites (N-methyl/N-ethyl adjacent to an activating group) is 1. The van der Waals surface area contributed by atoms with Crippen molar-refractivity contribution in [2.45, 2.75) is 180 Å². The molecule has 0 N–H and O–H groups in total. The second-order valence-electron chi connectivity index (χ2n) is 15.2. The lowest BCUT2D eigenvalue weighted by Gasteiger charge is -2.34. The summed E-state index contributed by atoms with van der Waals surface area (Å²) in [6, 6.07) is -0.728. The van der Waals surface area contributed by atoms with Crippen molar-refractivity contribution in [3.63, 3.8) is 0 Å². The summed E-state index contributed by atoms with van der Waals surface area (Å²) >= 11 is 0. The first kappa shape index (κ1) is 50.3. The quantitative estimate of drug-likeness (QED) is 0.0270. The number of unbranched alkanes of at least 4 members (excludes halogenated alkanes) is 15. The Bertz CT molecular complexity index is 1010. The molecule has 0 aromatic heterocycles. The summed E-state index contributed by atoms with van der Waals surface area (Å²) in [6.07, 6.45) is 41.4. The third kappa shape index (κ3) is 34.8. The minimum absolute atomic E-state index is 0.0329. The fraction of sp³-hybridized carbons (Fsp3) is 0.756. The van der Waals surface area contributed by atoms with Gasteiger partial charge in [0, 0.05) is 19.3 Å². The van der Waals surface area contributed by atoms with E-state index >= 15 is 0 Å². The second-order valence-corrected chi connectivity index (χ2v) is 15.2. The highest BCUT2D eigenvalue weighted by atomic mass is 16.6. The largest absolute Gasteiger partial charge is 0.544 e. The van der Waals surface area contributed by atoms with E-state index in [1.54, 1.807) is 21.1 Å². The summed E-state index contributed by atoms with van der Waals surface area (Å²) < 4.78 is 17.1. The van der Waals surface area contributed by atoms with E-state index in [1.807, 2.05) is 0 Å². The third-order valence-electron chi connectivity index (χ3n) is 9.22. The molecule has 0 rings (SSSR count). The van der Waals surface area contributed by atoms with Gasteiger partial charge in [-0.15, -0.1) is 0 Å². The zero-order chi connectivity index (χ0) is 39.3. The number of rotatable bonds is 37. The van der Waals surface area contributed by atoms with Gasteiger partial charge in [0.2, 0.25) is 0 Å². The lowest BCUT2D eigenvalue weighted by Crippen LogP contribution is -2.55. The predicted molar refractivity (Wildman–Crippen MR) is 217 cm³/mol. The molecular formula is C45H79NO7. The summed E-state index contributed by atoms with van der Waals surface area (Å²) in [6.45, 7) is 4.57. The highest BCUT2D eigenvalue weighted by Crippen LogP contribution is 2.13. The Labute approximate surface area is 325 Å². The summed E-state index contributed by atoms with van der Waals surface area (Å²) in [4.78, 5) is 36.7. The Kier molecular flexibility index (Phi) is 34.4. The van der Waals surface area contributed by atoms with E-state index in [9.17, 15) is 19.5 Å². The lowest BCUT2D eigenvalue weighted by molar-refractivity contribution is -0.889. The number of esters is 2. The summed E-state index contributed by atoms with van der Waals surface area (Å²) in [5.74, 6) is -1.77. The van der Waals surface area contributed by atoms with Crippen LogP contribution in [-0.2, 0) is 28.6 Å². The molecule has 0 aliphatic rings. The second kappa shape index (κ2) is 36.3. The average molecular weight is 746 g/mol. The van der Waals surface area contributed by atoms with E-state index < -0.39 is 18.1 Å². The van der Waals surface area contributed by atoms with Crippen molar-refractivity contribution in [2.75, 3.05) is 41.0 Å². The zero-order valence-electron chi connectivity index (χ0n) is 34.7. The number of hydrogen-bond acceptors (Lipinski definition) is 7. The van der Waals surface area contributed by atoms with E-state index in [0.717, 1.165) is 77.0 Å². The van der Waals surface area contributed by atoms with Crippen LogP contribution in [0.3, 0.4) is 0 Å². The number of ether oxygens (including phenoxy) is 3. The van der Waals surface area contributed by atoms with Crippen LogP contribution in [0.25, 0.3) is 0 Å². The number of hydrogen-bond donors (Lipinski definition) is 0. The molecule has 8 heteroatoms. The van der Waals surface area contributed by atoms with Crippen molar-refractivity contribution in [3.8, 4) is 0 Å². The van der Waals surface area contributed by atoms with E-state index in [2.05, 4.69) is 62.5 Å². The Morgan fingerprint density at radius 2 is 1.00 bits per heavy atom. The van der Waals surface area contributed by atoms with Crippen LogP contribution in [0.4, 0.5) is 0 Å². The number of aliphatic carboxylic acids is 1. The summed E-state index contributed by atoms with van der Waals surface area (Å²) in [5.41, 5.74) is 0. The molecule has 0 bridgehead atoms. The average Bonchev–Trinajstić information content (AvgIpc) is 3.11. The van der Waals surface area contributed by atoms with Gasteiger partial charge in [-0.25, -0.2) is 0 Å². The van der Waals surface area contributed by atoms with Crippen LogP contribution in [0.2, 0.25) is 0 Å². The molecule has 0 aromatic carbocycles. The van der Waals surface area contributed by atoms with Crippen molar-refractivity contribution in [3.05, 3.63) is 48.6 Å². The Morgan fingerprint density at radius 1 is 0.566 bits per heavy atom. The van der Waals surface area contributed by atoms with Gasteiger partial charge in [0.25, 0.3) is 0 Å². The third-order valence-corrected chi connectivity index (χ3v) is 9.22. The molecule has 2 atom stereocenters. The predicted octanol–water partition coefficient (Wildman–Crippen LogP) is 9.91. The number of carbonyl (C=O) groups is 3. The summed E-state index contributed by atoms with van der Waals surface area (Å²) in [7, 11) is 5.39. The molecule has 53 heavy (non-hydrogen) atoms. The molecule has 0 aliphatic heterocycles. The van der Waals surface area contributed by atoms with Crippen molar-refractivity contribution in [1.29, 1.82) is 0 Å². The van der Waals surface area contributed by atoms with E-state index in [1.165, 1.54) is 57.8 Å². The van der Waals surface area contributed by atoms with Gasteiger partial charge in [-0.1, -0.05) is 140 Å². The molecular weight excluding hydrogens is 666 g/mol. The minimum atomic E-state index is -1.13. The van der Waals surface area contributed by atoms with Crippen LogP contribution in [0.1, 0.15) is 168 Å². The van der Waals surface area contributed by atoms with Crippen molar-refractivity contribution in [1.82, 2.24) is 0 Å². The van der Waals surface area contributed by atoms with Crippen molar-refractivity contribution in [2.24, 2.45) is 0 Å². The van der Waals surface area contributed by atoms with Crippen molar-refractivity contribution < 1.29 is 38.2 Å². The van der Waals surface area contributed by atoms with Gasteiger partial charge in [-0.3, -0.25) is 9.59 Å². The molecule has 8 nitrogen and oxygen atoms in total. The fourth-order valence-corrected chi connectivity index (χ4v) is 5.88. The van der Waals surface area contributed by atoms with Crippen LogP contribution in [0.5, 0.6) is 0 Å². The van der Waals surface area contributed by atoms with Crippen LogP contribution in [0.15, 0.2) is 48.6 Å². The SMILES string of the molecule is CCCCC/C=C/C/C=C/C/C=C/C/C=C/CCCCCCCC(=O)OC(COCCC(C(=O)[O-])[N+](C)(C)C)COC(=O)CCCCCCCCCC. The molecule has 0 amide bonds. The molecule has 0 aromatic rings. The fourth-order valence-electron chi connectivity index (χ4n) is 5.88. The van der Waals surface area contributed by atoms with E-state index in [0.29, 0.717) is 12.8 Å². The monoisotopic (exact) mass is 746 g/mol. The first-order valence-corrected chi connectivity index (χ1v) is 21.2. The number of allylic oxidation sites excluding steroid dienone is 8. The number of carboxylic acid groups (broad SMARTS) is 1. The molecule has 0 saturated carbocycles. The van der Waals surface area contributed by atoms with Gasteiger partial charge < -0.3 is 28.6 Å². The maximum Gasteiger partial charge on any atom is 0.306 e. The Balaban J connectivity index is 4.33. The molecule has 0 fully saturated rings. The number of quaternary nitrogens is 1. The van der Waals surface area contributed by atoms with Crippen LogP contribution in [-0.4, -0.2) is 75.5 Å². The molecule has 306 valence electrons. The van der Waals surface area contributed by atoms with Gasteiger partial charge in [0.1, 0.15) is 12.6 Å². The van der Waals surface area contributed by atoms with Crippen LogP contribution >= 0.6 is 0 Å². The highest BCUT2D eigenvalue weighted by molar-refractivity contribution is 5.70. The van der Waals surface area contributed by atoms with Crippen molar-refractivity contribution >= 4 is 17.9 Å². The highest BCUT2D eigenvalue weighted by Gasteiger charge is 2.25. The van der Waals surface area contributed by atoms with Crippen LogP contribution in [0, 0.1) is 0 Å². The standard InChI is InChI=1S/C45H79NO7/c1-6-8-10-12-14-16-17-18-19-20-21-22-23-24-25-26-27-28-30-32-34-36-44(48)53-41(39-51-38-37-42(45(49)50)46(3,4)5)40-52-43(47)35-33-31-29-15-13-11-9-7-2/h14,16,18-19,21-22,24-25,41-42H,6-13,15,17,20,23,26-40H2,1-5H3/b16-14+,19-18+,22-21+,25-24+. The van der Waals surface area contributed by atoms with E-state index in [-0.39, 0.29) is 42.7 Å². The minimum Gasteiger partial charge on any atom is -0.544 e. The molecule has 0 heterocycles. The molecule has 0 saturated heterocycles. The van der Waals surface area contributed by atoms with Gasteiger partial charge in [-0.2, -0.15) is 0 Å². The number of carbonyl (C=O) groups excluding carboxylic acids is 3. The maximum absolute atomic E-state index is 12.7. The number of nitrogens with zero attached hydrogens (tertiary/aromatic N) is 1. The normalized spacial score (nSPS) is 13.5. The maximum atomic E-state index is 12.7. The Hall–Kier alpha value is -2.71. The zero-order valence-corrected chi connectivity index (χ0v) is 34.7. The first-order valence-electron chi connectivity index (χ1n) is 21.2. The van der Waals surface area contributed by atoms with Gasteiger partial charge in [0.15, 0.2) is 6.10 Å². The molecule has 0 spiro atoms. The molecule has 0 radical (unpaired) electrons. The van der Waals surface area contributed by atoms with E-state index in [4.69, 9.17) is 14.2 Å². The summed E-state index contributed by atoms with van der Waals surface area (Å²) in [5, 5.41) is 11.6. The Morgan fingerprint density at radius 3 is 1.51 bits per heavy atom. The lowest BCUT2D eigenvalue weighted by atomic mass is 10.1. The molecule has 0 aliphatic carbocycles. The molecule has 2 unspecified atom stereocenters. The van der Waals surface area contributed by atoms with Gasteiger partial charge in [0.05, 0.1) is 40.3 Å². The smallest absolute Gasteiger partial charge is 0.306 e. The van der Waals surface area contributed by atoms with Gasteiger partial charge in [-0.05, 0) is 57.8 Å². The van der Waals surface area contributed by atoms with Crippen LogP contribution < -0.4 is 5.11 Å². The first-order chi connectivity index (χ1) is 25.6. The number of carboxylic acids is 1.